The summed E-state index contributed by atoms with van der Waals surface area (Å²) in [6, 6.07) is 11.5. The molecule has 8 heteroatoms. The lowest BCUT2D eigenvalue weighted by atomic mass is 10.1. The van der Waals surface area contributed by atoms with Gasteiger partial charge >= 0.3 is 0 Å². The molecule has 0 bridgehead atoms. The van der Waals surface area contributed by atoms with E-state index in [1.54, 1.807) is 4.90 Å². The van der Waals surface area contributed by atoms with Crippen LogP contribution in [0.3, 0.4) is 0 Å². The smallest absolute Gasteiger partial charge is 0.227 e. The number of aryl methyl sites for hydroxylation is 1. The van der Waals surface area contributed by atoms with Gasteiger partial charge in [0.05, 0.1) is 5.92 Å². The van der Waals surface area contributed by atoms with Crippen molar-refractivity contribution in [2.45, 2.75) is 32.6 Å². The van der Waals surface area contributed by atoms with E-state index in [-0.39, 0.29) is 24.2 Å². The van der Waals surface area contributed by atoms with Crippen molar-refractivity contribution in [3.63, 3.8) is 0 Å². The summed E-state index contributed by atoms with van der Waals surface area (Å²) in [5.41, 5.74) is 1.76. The molecule has 0 saturated carbocycles. The topological polar surface area (TPSA) is 90.5 Å². The van der Waals surface area contributed by atoms with Crippen molar-refractivity contribution < 1.29 is 9.59 Å². The second-order valence-electron chi connectivity index (χ2n) is 8.20. The van der Waals surface area contributed by atoms with Crippen molar-refractivity contribution in [1.82, 2.24) is 15.3 Å². The first-order valence-electron chi connectivity index (χ1n) is 11.1. The maximum absolute atomic E-state index is 12.5. The summed E-state index contributed by atoms with van der Waals surface area (Å²) in [6.45, 7) is 5.43. The second kappa shape index (κ2) is 9.76. The Morgan fingerprint density at radius 2 is 1.87 bits per heavy atom. The van der Waals surface area contributed by atoms with E-state index in [0.29, 0.717) is 25.6 Å². The van der Waals surface area contributed by atoms with Gasteiger partial charge in [-0.2, -0.15) is 4.98 Å². The number of anilines is 3. The Kier molecular flexibility index (Phi) is 6.64. The maximum Gasteiger partial charge on any atom is 0.227 e. The Hall–Kier alpha value is -3.16. The Bertz CT molecular complexity index is 914. The Labute approximate surface area is 183 Å². The summed E-state index contributed by atoms with van der Waals surface area (Å²) in [7, 11) is 0. The van der Waals surface area contributed by atoms with Gasteiger partial charge in [-0.15, -0.1) is 0 Å². The van der Waals surface area contributed by atoms with Gasteiger partial charge in [-0.3, -0.25) is 9.59 Å². The van der Waals surface area contributed by atoms with Crippen molar-refractivity contribution >= 4 is 29.3 Å². The number of piperidine rings is 1. The number of hydrogen-bond acceptors (Lipinski definition) is 6. The molecule has 2 saturated heterocycles. The van der Waals surface area contributed by atoms with Crippen LogP contribution in [-0.4, -0.2) is 54.5 Å². The van der Waals surface area contributed by atoms with Crippen molar-refractivity contribution in [1.29, 1.82) is 0 Å². The molecule has 2 aromatic rings. The van der Waals surface area contributed by atoms with Gasteiger partial charge < -0.3 is 20.4 Å². The summed E-state index contributed by atoms with van der Waals surface area (Å²) in [4.78, 5) is 37.9. The molecule has 31 heavy (non-hydrogen) atoms. The Morgan fingerprint density at radius 3 is 2.65 bits per heavy atom. The highest BCUT2D eigenvalue weighted by atomic mass is 16.2. The highest BCUT2D eigenvalue weighted by Crippen LogP contribution is 2.25. The van der Waals surface area contributed by atoms with E-state index in [1.165, 1.54) is 19.3 Å². The third-order valence-electron chi connectivity index (χ3n) is 5.79. The van der Waals surface area contributed by atoms with E-state index in [1.807, 2.05) is 43.3 Å². The number of aromatic nitrogens is 2. The number of amides is 2. The van der Waals surface area contributed by atoms with Gasteiger partial charge in [0.1, 0.15) is 5.82 Å². The first-order valence-corrected chi connectivity index (χ1v) is 11.1. The predicted molar refractivity (Wildman–Crippen MR) is 121 cm³/mol. The van der Waals surface area contributed by atoms with Crippen molar-refractivity contribution in [2.75, 3.05) is 47.8 Å². The molecule has 2 aliphatic rings. The van der Waals surface area contributed by atoms with E-state index in [4.69, 9.17) is 0 Å². The van der Waals surface area contributed by atoms with E-state index in [0.717, 1.165) is 30.3 Å². The third kappa shape index (κ3) is 5.31. The molecule has 2 amide bonds. The van der Waals surface area contributed by atoms with E-state index in [9.17, 15) is 9.59 Å². The highest BCUT2D eigenvalue weighted by molar-refractivity contribution is 6.00. The minimum absolute atomic E-state index is 0.0112. The Balaban J connectivity index is 1.25. The molecule has 2 fully saturated rings. The molecular weight excluding hydrogens is 392 g/mol. The van der Waals surface area contributed by atoms with Crippen LogP contribution in [-0.2, 0) is 9.59 Å². The molecule has 3 heterocycles. The number of nitrogens with one attached hydrogen (secondary N) is 2. The molecule has 2 aliphatic heterocycles. The fourth-order valence-corrected chi connectivity index (χ4v) is 4.16. The summed E-state index contributed by atoms with van der Waals surface area (Å²) in [5.74, 6) is 1.12. The lowest BCUT2D eigenvalue weighted by Gasteiger charge is -2.28. The van der Waals surface area contributed by atoms with Gasteiger partial charge in [0.2, 0.25) is 17.8 Å². The van der Waals surface area contributed by atoms with Gasteiger partial charge in [-0.25, -0.2) is 4.98 Å². The summed E-state index contributed by atoms with van der Waals surface area (Å²) in [5, 5.41) is 6.15. The van der Waals surface area contributed by atoms with Gasteiger partial charge in [0.15, 0.2) is 0 Å². The Morgan fingerprint density at radius 1 is 1.10 bits per heavy atom. The molecule has 0 radical (unpaired) electrons. The zero-order valence-corrected chi connectivity index (χ0v) is 18.0. The summed E-state index contributed by atoms with van der Waals surface area (Å²) in [6.07, 6.45) is 3.92. The zero-order chi connectivity index (χ0) is 21.6. The van der Waals surface area contributed by atoms with E-state index < -0.39 is 0 Å². The summed E-state index contributed by atoms with van der Waals surface area (Å²) < 4.78 is 0. The van der Waals surface area contributed by atoms with Crippen LogP contribution in [0.1, 0.15) is 31.4 Å². The third-order valence-corrected chi connectivity index (χ3v) is 5.79. The number of para-hydroxylation sites is 1. The summed E-state index contributed by atoms with van der Waals surface area (Å²) >= 11 is 0. The molecule has 1 aromatic heterocycles. The van der Waals surface area contributed by atoms with Gasteiger partial charge in [-0.1, -0.05) is 18.2 Å². The minimum atomic E-state index is -0.325. The fourth-order valence-electron chi connectivity index (χ4n) is 4.16. The van der Waals surface area contributed by atoms with Crippen LogP contribution in [0.15, 0.2) is 36.4 Å². The molecule has 0 spiro atoms. The van der Waals surface area contributed by atoms with Crippen LogP contribution in [0.5, 0.6) is 0 Å². The lowest BCUT2D eigenvalue weighted by molar-refractivity contribution is -0.126. The molecule has 164 valence electrons. The van der Waals surface area contributed by atoms with E-state index in [2.05, 4.69) is 25.5 Å². The minimum Gasteiger partial charge on any atom is -0.356 e. The van der Waals surface area contributed by atoms with Crippen molar-refractivity contribution in [3.8, 4) is 0 Å². The monoisotopic (exact) mass is 422 g/mol. The quantitative estimate of drug-likeness (QED) is 0.666. The normalized spacial score (nSPS) is 18.9. The number of carbonyl (C=O) groups excluding carboxylic acids is 2. The van der Waals surface area contributed by atoms with Gasteiger partial charge in [0, 0.05) is 56.6 Å². The molecule has 0 aliphatic carbocycles. The van der Waals surface area contributed by atoms with Crippen LogP contribution in [0.4, 0.5) is 17.5 Å². The average Bonchev–Trinajstić information content (AvgIpc) is 3.19. The molecule has 1 unspecified atom stereocenters. The van der Waals surface area contributed by atoms with Crippen molar-refractivity contribution in [2.24, 2.45) is 5.92 Å². The molecule has 4 rings (SSSR count). The highest BCUT2D eigenvalue weighted by Gasteiger charge is 2.34. The molecule has 1 aromatic carbocycles. The van der Waals surface area contributed by atoms with Crippen LogP contribution >= 0.6 is 0 Å². The number of nitrogens with zero attached hydrogens (tertiary/aromatic N) is 4. The first-order chi connectivity index (χ1) is 15.1. The van der Waals surface area contributed by atoms with Crippen molar-refractivity contribution in [3.05, 3.63) is 42.1 Å². The molecular formula is C23H30N6O2. The van der Waals surface area contributed by atoms with E-state index >= 15 is 0 Å². The van der Waals surface area contributed by atoms with Gasteiger partial charge in [0.25, 0.3) is 0 Å². The number of benzene rings is 1. The van der Waals surface area contributed by atoms with Crippen LogP contribution < -0.4 is 20.4 Å². The number of rotatable bonds is 7. The first kappa shape index (κ1) is 21.1. The maximum atomic E-state index is 12.5. The number of carbonyl (C=O) groups is 2. The number of hydrogen-bond donors (Lipinski definition) is 2. The molecule has 1 atom stereocenters. The fraction of sp³-hybridized carbons (Fsp3) is 0.478. The second-order valence-corrected chi connectivity index (χ2v) is 8.20. The van der Waals surface area contributed by atoms with Crippen LogP contribution in [0, 0.1) is 12.8 Å². The lowest BCUT2D eigenvalue weighted by Crippen LogP contribution is -2.35. The van der Waals surface area contributed by atoms with Crippen LogP contribution in [0.25, 0.3) is 0 Å². The average molecular weight is 423 g/mol. The molecule has 8 nitrogen and oxygen atoms in total. The zero-order valence-electron chi connectivity index (χ0n) is 18.0. The predicted octanol–water partition coefficient (Wildman–Crippen LogP) is 2.36. The SMILES string of the molecule is Cc1cc(N2CCCCC2)nc(NCCNC(=O)C2CC(=O)N(c3ccccc3)C2)n1. The molecule has 2 N–H and O–H groups in total. The van der Waals surface area contributed by atoms with Crippen LogP contribution in [0.2, 0.25) is 0 Å². The largest absolute Gasteiger partial charge is 0.356 e. The van der Waals surface area contributed by atoms with Gasteiger partial charge in [-0.05, 0) is 38.3 Å². The standard InChI is InChI=1S/C23H30N6O2/c1-17-14-20(28-12-6-3-7-13-28)27-23(26-17)25-11-10-24-22(31)18-15-21(30)29(16-18)19-8-4-2-5-9-19/h2,4-5,8-9,14,18H,3,6-7,10-13,15-16H2,1H3,(H,24,31)(H,25,26,27).